The molecule has 4 aromatic carbocycles. The Labute approximate surface area is 248 Å². The summed E-state index contributed by atoms with van der Waals surface area (Å²) in [4.78, 5) is 11.1. The van der Waals surface area contributed by atoms with E-state index >= 15 is 0 Å². The van der Waals surface area contributed by atoms with Gasteiger partial charge in [-0.25, -0.2) is 4.99 Å². The van der Waals surface area contributed by atoms with Gasteiger partial charge < -0.3 is 10.6 Å². The average molecular weight is 547 g/mol. The number of nitrogens with two attached hydrogens (primary N) is 1. The van der Waals surface area contributed by atoms with E-state index in [0.717, 1.165) is 40.8 Å². The number of nitrogens with zero attached hydrogens (tertiary/aromatic N) is 3. The Hall–Kier alpha value is -5.22. The van der Waals surface area contributed by atoms with E-state index in [0.29, 0.717) is 12.2 Å². The molecule has 1 heterocycles. The quantitative estimate of drug-likeness (QED) is 0.137. The number of hydrogen-bond donors (Lipinski definition) is 1. The van der Waals surface area contributed by atoms with Crippen molar-refractivity contribution < 1.29 is 0 Å². The van der Waals surface area contributed by atoms with Crippen LogP contribution in [0.4, 0.5) is 17.1 Å². The summed E-state index contributed by atoms with van der Waals surface area (Å²) in [6.07, 6.45) is 17.4. The average Bonchev–Trinajstić information content (AvgIpc) is 3.35. The molecule has 42 heavy (non-hydrogen) atoms. The van der Waals surface area contributed by atoms with Gasteiger partial charge in [0, 0.05) is 40.8 Å². The fourth-order valence-corrected chi connectivity index (χ4v) is 5.79. The molecule has 1 unspecified atom stereocenters. The van der Waals surface area contributed by atoms with Crippen LogP contribution in [0.3, 0.4) is 0 Å². The number of benzene rings is 4. The lowest BCUT2D eigenvalue weighted by atomic mass is 9.77. The third-order valence-electron chi connectivity index (χ3n) is 8.00. The van der Waals surface area contributed by atoms with Crippen LogP contribution in [-0.4, -0.2) is 25.6 Å². The van der Waals surface area contributed by atoms with Crippen molar-refractivity contribution in [2.45, 2.75) is 11.8 Å². The molecule has 0 amide bonds. The zero-order valence-corrected chi connectivity index (χ0v) is 23.6. The van der Waals surface area contributed by atoms with E-state index in [1.807, 2.05) is 36.4 Å². The van der Waals surface area contributed by atoms with Crippen molar-refractivity contribution in [3.05, 3.63) is 162 Å². The Morgan fingerprint density at radius 2 is 1.64 bits per heavy atom. The topological polar surface area (TPSA) is 54.0 Å². The summed E-state index contributed by atoms with van der Waals surface area (Å²) in [6, 6.07) is 33.6. The summed E-state index contributed by atoms with van der Waals surface area (Å²) in [5.41, 5.74) is 15.8. The molecule has 4 nitrogen and oxygen atoms in total. The fourth-order valence-electron chi connectivity index (χ4n) is 5.79. The van der Waals surface area contributed by atoms with Crippen LogP contribution in [-0.2, 0) is 5.41 Å². The van der Waals surface area contributed by atoms with Gasteiger partial charge in [0.25, 0.3) is 0 Å². The second kappa shape index (κ2) is 12.1. The summed E-state index contributed by atoms with van der Waals surface area (Å²) in [5.74, 6) is 0. The minimum Gasteiger partial charge on any atom is -0.398 e. The van der Waals surface area contributed by atoms with Crippen LogP contribution in [0.15, 0.2) is 144 Å². The lowest BCUT2D eigenvalue weighted by Crippen LogP contribution is -2.30. The first-order valence-electron chi connectivity index (χ1n) is 14.3. The second-order valence-electron chi connectivity index (χ2n) is 10.7. The SMILES string of the molecule is C=C(c1ccc(N2CC3(C=CC=CC3)c3ccccc32)cc1)c1ccccc1/C=C\CN=CN=Cc1ccccc1N. The summed E-state index contributed by atoms with van der Waals surface area (Å²) >= 11 is 0. The molecular weight excluding hydrogens is 512 g/mol. The van der Waals surface area contributed by atoms with Gasteiger partial charge in [-0.1, -0.05) is 116 Å². The molecule has 0 saturated heterocycles. The Morgan fingerprint density at radius 1 is 0.881 bits per heavy atom. The van der Waals surface area contributed by atoms with Crippen LogP contribution in [0, 0.1) is 0 Å². The van der Waals surface area contributed by atoms with Crippen molar-refractivity contribution in [2.24, 2.45) is 9.98 Å². The van der Waals surface area contributed by atoms with E-state index in [4.69, 9.17) is 5.73 Å². The molecule has 0 fully saturated rings. The first-order chi connectivity index (χ1) is 20.6. The lowest BCUT2D eigenvalue weighted by Gasteiger charge is -2.28. The molecule has 0 bridgehead atoms. The van der Waals surface area contributed by atoms with Crippen LogP contribution < -0.4 is 10.6 Å². The molecule has 1 atom stereocenters. The van der Waals surface area contributed by atoms with Gasteiger partial charge in [-0.15, -0.1) is 0 Å². The maximum Gasteiger partial charge on any atom is 0.110 e. The largest absolute Gasteiger partial charge is 0.398 e. The highest BCUT2D eigenvalue weighted by molar-refractivity contribution is 5.91. The third-order valence-corrected chi connectivity index (χ3v) is 8.00. The van der Waals surface area contributed by atoms with Gasteiger partial charge in [0.1, 0.15) is 6.34 Å². The highest BCUT2D eigenvalue weighted by atomic mass is 15.2. The number of para-hydroxylation sites is 2. The van der Waals surface area contributed by atoms with E-state index in [1.165, 1.54) is 16.9 Å². The number of rotatable bonds is 8. The number of nitrogen functional groups attached to an aromatic ring is 1. The van der Waals surface area contributed by atoms with Crippen molar-refractivity contribution >= 4 is 41.3 Å². The molecule has 1 spiro atoms. The van der Waals surface area contributed by atoms with Gasteiger partial charge in [0.05, 0.1) is 6.54 Å². The molecule has 0 saturated carbocycles. The third kappa shape index (κ3) is 5.52. The normalized spacial score (nSPS) is 17.7. The van der Waals surface area contributed by atoms with Gasteiger partial charge >= 0.3 is 0 Å². The smallest absolute Gasteiger partial charge is 0.110 e. The Bertz CT molecular complexity index is 1740. The standard InChI is InChI=1S/C38H34N4/c1-29(34-15-5-3-12-31(34)14-11-25-40-28-41-26-32-13-4-7-17-36(32)39)30-19-21-33(22-20-30)42-27-38(23-9-2-10-24-38)35-16-6-8-18-37(35)42/h2-23,26,28H,1,24-25,27,39H2/b14-11-,40-28?,41-26?. The molecule has 4 heteroatoms. The van der Waals surface area contributed by atoms with Crippen LogP contribution >= 0.6 is 0 Å². The van der Waals surface area contributed by atoms with Crippen LogP contribution in [0.25, 0.3) is 11.6 Å². The van der Waals surface area contributed by atoms with Gasteiger partial charge in [-0.2, -0.15) is 0 Å². The number of aliphatic imine (C=N–C) groups is 2. The van der Waals surface area contributed by atoms with E-state index in [-0.39, 0.29) is 5.41 Å². The predicted molar refractivity (Wildman–Crippen MR) is 180 cm³/mol. The minimum atomic E-state index is 0.0329. The van der Waals surface area contributed by atoms with Crippen molar-refractivity contribution in [3.63, 3.8) is 0 Å². The number of hydrogen-bond acceptors (Lipinski definition) is 3. The molecule has 4 aromatic rings. The molecule has 2 aliphatic rings. The summed E-state index contributed by atoms with van der Waals surface area (Å²) in [6.45, 7) is 5.94. The van der Waals surface area contributed by atoms with Crippen LogP contribution in [0.5, 0.6) is 0 Å². The summed E-state index contributed by atoms with van der Waals surface area (Å²) in [7, 11) is 0. The summed E-state index contributed by atoms with van der Waals surface area (Å²) in [5, 5.41) is 0. The minimum absolute atomic E-state index is 0.0329. The zero-order chi connectivity index (χ0) is 28.8. The van der Waals surface area contributed by atoms with Crippen LogP contribution in [0.1, 0.15) is 34.2 Å². The molecule has 1 aliphatic heterocycles. The van der Waals surface area contributed by atoms with Gasteiger partial charge in [-0.3, -0.25) is 4.99 Å². The Kier molecular flexibility index (Phi) is 7.78. The molecule has 0 radical (unpaired) electrons. The first kappa shape index (κ1) is 27.0. The maximum atomic E-state index is 5.95. The van der Waals surface area contributed by atoms with E-state index < -0.39 is 0 Å². The van der Waals surface area contributed by atoms with Crippen molar-refractivity contribution in [1.29, 1.82) is 0 Å². The van der Waals surface area contributed by atoms with Gasteiger partial charge in [0.15, 0.2) is 0 Å². The molecule has 2 N–H and O–H groups in total. The van der Waals surface area contributed by atoms with E-state index in [9.17, 15) is 0 Å². The molecule has 0 aromatic heterocycles. The van der Waals surface area contributed by atoms with Crippen LogP contribution in [0.2, 0.25) is 0 Å². The van der Waals surface area contributed by atoms with Gasteiger partial charge in [0.2, 0.25) is 0 Å². The fraction of sp³-hybridized carbons (Fsp3) is 0.105. The second-order valence-corrected chi connectivity index (χ2v) is 10.7. The summed E-state index contributed by atoms with van der Waals surface area (Å²) < 4.78 is 0. The molecule has 206 valence electrons. The number of allylic oxidation sites excluding steroid dienone is 3. The monoisotopic (exact) mass is 546 g/mol. The van der Waals surface area contributed by atoms with E-state index in [2.05, 4.69) is 119 Å². The van der Waals surface area contributed by atoms with E-state index in [1.54, 1.807) is 12.6 Å². The van der Waals surface area contributed by atoms with Crippen molar-refractivity contribution in [1.82, 2.24) is 0 Å². The number of fused-ring (bicyclic) bond motifs is 2. The zero-order valence-electron chi connectivity index (χ0n) is 23.6. The predicted octanol–water partition coefficient (Wildman–Crippen LogP) is 8.40. The number of anilines is 3. The lowest BCUT2D eigenvalue weighted by molar-refractivity contribution is 0.579. The molecule has 1 aliphatic carbocycles. The Morgan fingerprint density at radius 3 is 2.45 bits per heavy atom. The highest BCUT2D eigenvalue weighted by Crippen LogP contribution is 2.48. The maximum absolute atomic E-state index is 5.95. The van der Waals surface area contributed by atoms with Crippen molar-refractivity contribution in [2.75, 3.05) is 23.7 Å². The first-order valence-corrected chi connectivity index (χ1v) is 14.3. The van der Waals surface area contributed by atoms with Crippen molar-refractivity contribution in [3.8, 4) is 0 Å². The van der Waals surface area contributed by atoms with Gasteiger partial charge in [-0.05, 0) is 58.5 Å². The highest BCUT2D eigenvalue weighted by Gasteiger charge is 2.40. The molecule has 6 rings (SSSR count). The Balaban J connectivity index is 1.14. The molecular formula is C38H34N4.